The third-order valence-electron chi connectivity index (χ3n) is 4.57. The first-order valence-corrected chi connectivity index (χ1v) is 9.60. The summed E-state index contributed by atoms with van der Waals surface area (Å²) in [6.07, 6.45) is 1.45. The van der Waals surface area contributed by atoms with Crippen molar-refractivity contribution < 1.29 is 9.59 Å². The molecule has 1 aliphatic rings. The first-order valence-electron chi connectivity index (χ1n) is 8.84. The Morgan fingerprint density at radius 1 is 1.00 bits per heavy atom. The van der Waals surface area contributed by atoms with Crippen LogP contribution in [-0.4, -0.2) is 36.3 Å². The van der Waals surface area contributed by atoms with Gasteiger partial charge >= 0.3 is 0 Å². The zero-order valence-electron chi connectivity index (χ0n) is 14.8. The van der Waals surface area contributed by atoms with Gasteiger partial charge in [-0.15, -0.1) is 0 Å². The molecule has 0 spiro atoms. The number of benzene rings is 2. The number of hydrogen-bond donors (Lipinski definition) is 2. The van der Waals surface area contributed by atoms with Gasteiger partial charge in [-0.3, -0.25) is 14.5 Å². The highest BCUT2D eigenvalue weighted by Crippen LogP contribution is 2.25. The molecule has 0 aromatic heterocycles. The van der Waals surface area contributed by atoms with E-state index in [-0.39, 0.29) is 24.3 Å². The van der Waals surface area contributed by atoms with Crippen molar-refractivity contribution in [2.45, 2.75) is 12.8 Å². The third-order valence-corrected chi connectivity index (χ3v) is 5.13. The van der Waals surface area contributed by atoms with Crippen LogP contribution in [0.3, 0.4) is 0 Å². The van der Waals surface area contributed by atoms with E-state index in [1.54, 1.807) is 18.2 Å². The van der Waals surface area contributed by atoms with E-state index in [4.69, 9.17) is 23.2 Å². The van der Waals surface area contributed by atoms with Gasteiger partial charge in [-0.1, -0.05) is 41.4 Å². The number of rotatable bonds is 5. The Bertz CT molecular complexity index is 806. The molecule has 7 heteroatoms. The van der Waals surface area contributed by atoms with E-state index in [0.29, 0.717) is 28.8 Å². The number of nitrogens with one attached hydrogen (secondary N) is 2. The molecule has 0 unspecified atom stereocenters. The van der Waals surface area contributed by atoms with E-state index in [1.807, 2.05) is 35.2 Å². The van der Waals surface area contributed by atoms with Gasteiger partial charge in [0, 0.05) is 16.6 Å². The zero-order valence-corrected chi connectivity index (χ0v) is 16.3. The van der Waals surface area contributed by atoms with Crippen molar-refractivity contribution in [3.05, 3.63) is 58.6 Å². The highest BCUT2D eigenvalue weighted by molar-refractivity contribution is 6.35. The quantitative estimate of drug-likeness (QED) is 0.779. The van der Waals surface area contributed by atoms with Gasteiger partial charge in [0.1, 0.15) is 0 Å². The number of carbonyl (C=O) groups excluding carboxylic acids is 2. The van der Waals surface area contributed by atoms with Crippen molar-refractivity contribution >= 4 is 46.4 Å². The maximum atomic E-state index is 12.4. The fourth-order valence-corrected chi connectivity index (χ4v) is 3.44. The Labute approximate surface area is 168 Å². The summed E-state index contributed by atoms with van der Waals surface area (Å²) in [6.45, 7) is 1.66. The number of hydrogen-bond acceptors (Lipinski definition) is 3. The van der Waals surface area contributed by atoms with Crippen molar-refractivity contribution in [3.8, 4) is 0 Å². The number of carbonyl (C=O) groups is 2. The minimum atomic E-state index is -0.147. The molecule has 5 nitrogen and oxygen atoms in total. The minimum absolute atomic E-state index is 0.0353. The highest BCUT2D eigenvalue weighted by Gasteiger charge is 2.26. The second kappa shape index (κ2) is 9.22. The van der Waals surface area contributed by atoms with Gasteiger partial charge in [-0.2, -0.15) is 0 Å². The molecule has 2 N–H and O–H groups in total. The van der Waals surface area contributed by atoms with Crippen LogP contribution in [0, 0.1) is 5.92 Å². The predicted octanol–water partition coefficient (Wildman–Crippen LogP) is 4.28. The van der Waals surface area contributed by atoms with Crippen LogP contribution < -0.4 is 10.6 Å². The minimum Gasteiger partial charge on any atom is -0.326 e. The molecule has 3 rings (SSSR count). The number of likely N-dealkylation sites (tertiary alicyclic amines) is 1. The molecular formula is C20H21Cl2N3O2. The van der Waals surface area contributed by atoms with Crippen LogP contribution in [-0.2, 0) is 9.59 Å². The van der Waals surface area contributed by atoms with Gasteiger partial charge in [-0.25, -0.2) is 0 Å². The van der Waals surface area contributed by atoms with Crippen LogP contribution in [0.1, 0.15) is 12.8 Å². The third kappa shape index (κ3) is 5.70. The summed E-state index contributed by atoms with van der Waals surface area (Å²) in [7, 11) is 0. The molecule has 2 amide bonds. The molecule has 142 valence electrons. The zero-order chi connectivity index (χ0) is 19.2. The average Bonchev–Trinajstić information content (AvgIpc) is 2.66. The molecule has 1 heterocycles. The van der Waals surface area contributed by atoms with Crippen LogP contribution in [0.5, 0.6) is 0 Å². The average molecular weight is 406 g/mol. The monoisotopic (exact) mass is 405 g/mol. The number of para-hydroxylation sites is 1. The van der Waals surface area contributed by atoms with Crippen LogP contribution in [0.25, 0.3) is 0 Å². The van der Waals surface area contributed by atoms with Crippen molar-refractivity contribution in [2.24, 2.45) is 5.92 Å². The Kier molecular flexibility index (Phi) is 6.72. The Morgan fingerprint density at radius 3 is 2.41 bits per heavy atom. The summed E-state index contributed by atoms with van der Waals surface area (Å²) >= 11 is 12.0. The number of piperidine rings is 1. The number of amides is 2. The molecule has 0 saturated carbocycles. The van der Waals surface area contributed by atoms with E-state index in [9.17, 15) is 9.59 Å². The van der Waals surface area contributed by atoms with Crippen molar-refractivity contribution in [1.29, 1.82) is 0 Å². The largest absolute Gasteiger partial charge is 0.326 e. The summed E-state index contributed by atoms with van der Waals surface area (Å²) < 4.78 is 0. The smallest absolute Gasteiger partial charge is 0.238 e. The van der Waals surface area contributed by atoms with Crippen molar-refractivity contribution in [1.82, 2.24) is 4.90 Å². The van der Waals surface area contributed by atoms with Gasteiger partial charge in [0.25, 0.3) is 0 Å². The molecule has 27 heavy (non-hydrogen) atoms. The second-order valence-electron chi connectivity index (χ2n) is 6.58. The SMILES string of the molecule is O=C(CN1CCC(C(=O)Nc2ccccc2)CC1)Nc1cc(Cl)ccc1Cl. The number of nitrogens with zero attached hydrogens (tertiary/aromatic N) is 1. The molecule has 1 fully saturated rings. The molecular weight excluding hydrogens is 385 g/mol. The Hall–Kier alpha value is -2.08. The summed E-state index contributed by atoms with van der Waals surface area (Å²) in [6, 6.07) is 14.4. The molecule has 0 atom stereocenters. The van der Waals surface area contributed by atoms with Crippen LogP contribution in [0.2, 0.25) is 10.0 Å². The molecule has 0 aliphatic carbocycles. The fourth-order valence-electron chi connectivity index (χ4n) is 3.11. The van der Waals surface area contributed by atoms with E-state index in [1.165, 1.54) is 0 Å². The number of halogens is 2. The standard InChI is InChI=1S/C20H21Cl2N3O2/c21-15-6-7-17(22)18(12-15)24-19(26)13-25-10-8-14(9-11-25)20(27)23-16-4-2-1-3-5-16/h1-7,12,14H,8-11,13H2,(H,23,27)(H,24,26). The first kappa shape index (κ1) is 19.7. The van der Waals surface area contributed by atoms with E-state index in [2.05, 4.69) is 10.6 Å². The predicted molar refractivity (Wildman–Crippen MR) is 109 cm³/mol. The molecule has 2 aromatic carbocycles. The number of anilines is 2. The van der Waals surface area contributed by atoms with Gasteiger partial charge in [0.15, 0.2) is 0 Å². The fraction of sp³-hybridized carbons (Fsp3) is 0.300. The lowest BCUT2D eigenvalue weighted by Crippen LogP contribution is -2.41. The molecule has 0 radical (unpaired) electrons. The highest BCUT2D eigenvalue weighted by atomic mass is 35.5. The van der Waals surface area contributed by atoms with Crippen LogP contribution >= 0.6 is 23.2 Å². The lowest BCUT2D eigenvalue weighted by molar-refractivity contribution is -0.121. The summed E-state index contributed by atoms with van der Waals surface area (Å²) in [5.74, 6) is -0.144. The molecule has 1 saturated heterocycles. The summed E-state index contributed by atoms with van der Waals surface area (Å²) in [5, 5.41) is 6.70. The van der Waals surface area contributed by atoms with E-state index in [0.717, 1.165) is 18.5 Å². The van der Waals surface area contributed by atoms with Gasteiger partial charge in [0.05, 0.1) is 17.3 Å². The van der Waals surface area contributed by atoms with Crippen molar-refractivity contribution in [2.75, 3.05) is 30.3 Å². The summed E-state index contributed by atoms with van der Waals surface area (Å²) in [5.41, 5.74) is 1.31. The van der Waals surface area contributed by atoms with E-state index >= 15 is 0 Å². The summed E-state index contributed by atoms with van der Waals surface area (Å²) in [4.78, 5) is 26.7. The maximum absolute atomic E-state index is 12.4. The van der Waals surface area contributed by atoms with Crippen LogP contribution in [0.4, 0.5) is 11.4 Å². The normalized spacial score (nSPS) is 15.3. The lowest BCUT2D eigenvalue weighted by atomic mass is 9.96. The second-order valence-corrected chi connectivity index (χ2v) is 7.42. The molecule has 1 aliphatic heterocycles. The topological polar surface area (TPSA) is 61.4 Å². The van der Waals surface area contributed by atoms with Crippen molar-refractivity contribution in [3.63, 3.8) is 0 Å². The first-order chi connectivity index (χ1) is 13.0. The maximum Gasteiger partial charge on any atom is 0.238 e. The van der Waals surface area contributed by atoms with Gasteiger partial charge in [-0.05, 0) is 56.3 Å². The molecule has 0 bridgehead atoms. The van der Waals surface area contributed by atoms with Gasteiger partial charge < -0.3 is 10.6 Å². The Morgan fingerprint density at radius 2 is 1.70 bits per heavy atom. The van der Waals surface area contributed by atoms with Gasteiger partial charge in [0.2, 0.25) is 11.8 Å². The van der Waals surface area contributed by atoms with E-state index < -0.39 is 0 Å². The lowest BCUT2D eigenvalue weighted by Gasteiger charge is -2.30. The Balaban J connectivity index is 1.45. The van der Waals surface area contributed by atoms with Crippen LogP contribution in [0.15, 0.2) is 48.5 Å². The molecule has 2 aromatic rings.